The largest absolute Gasteiger partial charge is 1.00 e. The van der Waals surface area contributed by atoms with Crippen LogP contribution in [0.3, 0.4) is 0 Å². The fourth-order valence-electron chi connectivity index (χ4n) is 4.34. The predicted molar refractivity (Wildman–Crippen MR) is 128 cm³/mol. The van der Waals surface area contributed by atoms with Crippen LogP contribution in [-0.4, -0.2) is 24.6 Å². The second-order valence-corrected chi connectivity index (χ2v) is 13.3. The van der Waals surface area contributed by atoms with E-state index in [1.807, 2.05) is 0 Å². The molecular formula is C25H54IP. The molecule has 0 saturated carbocycles. The summed E-state index contributed by atoms with van der Waals surface area (Å²) in [6.07, 6.45) is 31.5. The Hall–Kier alpha value is 1.16. The van der Waals surface area contributed by atoms with E-state index in [0.29, 0.717) is 0 Å². The van der Waals surface area contributed by atoms with E-state index in [9.17, 15) is 0 Å². The summed E-state index contributed by atoms with van der Waals surface area (Å²) in [5.74, 6) is 0. The van der Waals surface area contributed by atoms with Gasteiger partial charge in [0.1, 0.15) is 0 Å². The molecule has 0 rings (SSSR count). The summed E-state index contributed by atoms with van der Waals surface area (Å²) in [7, 11) is -0.651. The zero-order chi connectivity index (χ0) is 19.3. The quantitative estimate of drug-likeness (QED) is 0.0910. The Kier molecular flexibility index (Phi) is 26.4. The van der Waals surface area contributed by atoms with Crippen LogP contribution in [0.1, 0.15) is 137 Å². The van der Waals surface area contributed by atoms with Crippen LogP contribution in [0.2, 0.25) is 0 Å². The summed E-state index contributed by atoms with van der Waals surface area (Å²) in [6.45, 7) is 9.42. The minimum absolute atomic E-state index is 0. The highest BCUT2D eigenvalue weighted by molar-refractivity contribution is 7.75. The normalized spacial score (nSPS) is 11.6. The average molecular weight is 513 g/mol. The highest BCUT2D eigenvalue weighted by Gasteiger charge is 2.34. The smallest absolute Gasteiger partial charge is 0.0594 e. The lowest BCUT2D eigenvalue weighted by Gasteiger charge is -2.28. The molecule has 0 heterocycles. The van der Waals surface area contributed by atoms with E-state index in [2.05, 4.69) is 27.7 Å². The second-order valence-electron chi connectivity index (χ2n) is 8.83. The maximum Gasteiger partial charge on any atom is 0.0594 e. The van der Waals surface area contributed by atoms with E-state index in [0.717, 1.165) is 0 Å². The van der Waals surface area contributed by atoms with Crippen molar-refractivity contribution in [2.24, 2.45) is 0 Å². The molecule has 0 radical (unpaired) electrons. The van der Waals surface area contributed by atoms with Gasteiger partial charge in [-0.15, -0.1) is 0 Å². The number of hydrogen-bond acceptors (Lipinski definition) is 0. The van der Waals surface area contributed by atoms with Crippen LogP contribution in [0.15, 0.2) is 0 Å². The lowest BCUT2D eigenvalue weighted by atomic mass is 10.1. The van der Waals surface area contributed by atoms with E-state index in [4.69, 9.17) is 0 Å². The molecule has 0 aromatic rings. The Morgan fingerprint density at radius 3 is 0.889 bits per heavy atom. The van der Waals surface area contributed by atoms with Gasteiger partial charge in [-0.1, -0.05) is 105 Å². The van der Waals surface area contributed by atoms with Crippen molar-refractivity contribution in [2.45, 2.75) is 137 Å². The molecule has 166 valence electrons. The molecule has 0 aromatic carbocycles. The molecule has 0 nitrogen and oxygen atoms in total. The van der Waals surface area contributed by atoms with Gasteiger partial charge in [0.15, 0.2) is 0 Å². The van der Waals surface area contributed by atoms with Crippen LogP contribution in [-0.2, 0) is 0 Å². The molecule has 0 amide bonds. The molecule has 0 unspecified atom stereocenters. The van der Waals surface area contributed by atoms with Crippen LogP contribution >= 0.6 is 7.26 Å². The van der Waals surface area contributed by atoms with Gasteiger partial charge in [-0.3, -0.25) is 0 Å². The van der Waals surface area contributed by atoms with Crippen LogP contribution in [0.4, 0.5) is 0 Å². The van der Waals surface area contributed by atoms with Gasteiger partial charge < -0.3 is 24.0 Å². The average Bonchev–Trinajstić information content (AvgIpc) is 2.64. The number of hydrogen-bond donors (Lipinski definition) is 0. The van der Waals surface area contributed by atoms with Gasteiger partial charge in [0.2, 0.25) is 0 Å². The summed E-state index contributed by atoms with van der Waals surface area (Å²) < 4.78 is 0. The Balaban J connectivity index is 0. The van der Waals surface area contributed by atoms with Gasteiger partial charge in [0, 0.05) is 7.26 Å². The first-order valence-corrected chi connectivity index (χ1v) is 15.1. The molecule has 0 aromatic heterocycles. The van der Waals surface area contributed by atoms with Crippen molar-refractivity contribution in [2.75, 3.05) is 24.6 Å². The first-order chi connectivity index (χ1) is 12.7. The van der Waals surface area contributed by atoms with Crippen molar-refractivity contribution in [3.05, 3.63) is 0 Å². The van der Waals surface area contributed by atoms with Crippen LogP contribution < -0.4 is 24.0 Å². The first-order valence-electron chi connectivity index (χ1n) is 12.6. The van der Waals surface area contributed by atoms with Crippen LogP contribution in [0.25, 0.3) is 0 Å². The van der Waals surface area contributed by atoms with Crippen LogP contribution in [0.5, 0.6) is 0 Å². The molecule has 0 aliphatic carbocycles. The molecule has 0 aliphatic rings. The highest BCUT2D eigenvalue weighted by Crippen LogP contribution is 2.61. The van der Waals surface area contributed by atoms with E-state index < -0.39 is 7.26 Å². The van der Waals surface area contributed by atoms with Crippen molar-refractivity contribution in [3.8, 4) is 0 Å². The lowest BCUT2D eigenvalue weighted by Crippen LogP contribution is -3.00. The minimum atomic E-state index is -0.651. The number of unbranched alkanes of at least 4 members (excludes halogenated alkanes) is 13. The van der Waals surface area contributed by atoms with Gasteiger partial charge in [-0.2, -0.15) is 0 Å². The summed E-state index contributed by atoms with van der Waals surface area (Å²) in [5, 5.41) is 0. The minimum Gasteiger partial charge on any atom is -1.00 e. The molecule has 0 bridgehead atoms. The predicted octanol–water partition coefficient (Wildman–Crippen LogP) is 6.72. The van der Waals surface area contributed by atoms with Crippen LogP contribution in [0, 0.1) is 0 Å². The Labute approximate surface area is 192 Å². The molecule has 0 fully saturated rings. The van der Waals surface area contributed by atoms with Crippen molar-refractivity contribution < 1.29 is 24.0 Å². The molecule has 0 N–H and O–H groups in total. The first kappa shape index (κ1) is 30.4. The summed E-state index contributed by atoms with van der Waals surface area (Å²) in [6, 6.07) is 0. The molecular weight excluding hydrogens is 458 g/mol. The van der Waals surface area contributed by atoms with Crippen molar-refractivity contribution in [3.63, 3.8) is 0 Å². The molecule has 0 spiro atoms. The van der Waals surface area contributed by atoms with E-state index in [-0.39, 0.29) is 24.0 Å². The van der Waals surface area contributed by atoms with Gasteiger partial charge in [0.25, 0.3) is 0 Å². The molecule has 2 heteroatoms. The van der Waals surface area contributed by atoms with E-state index in [1.165, 1.54) is 103 Å². The summed E-state index contributed by atoms with van der Waals surface area (Å²) in [4.78, 5) is 0. The molecule has 27 heavy (non-hydrogen) atoms. The fraction of sp³-hybridized carbons (Fsp3) is 1.00. The maximum absolute atomic E-state index is 2.37. The monoisotopic (exact) mass is 512 g/mol. The van der Waals surface area contributed by atoms with Crippen molar-refractivity contribution >= 4 is 7.26 Å². The summed E-state index contributed by atoms with van der Waals surface area (Å²) >= 11 is 0. The maximum atomic E-state index is 2.37. The zero-order valence-corrected chi connectivity index (χ0v) is 22.7. The summed E-state index contributed by atoms with van der Waals surface area (Å²) in [5.41, 5.74) is 0. The van der Waals surface area contributed by atoms with Gasteiger partial charge in [0.05, 0.1) is 24.6 Å². The topological polar surface area (TPSA) is 0 Å². The molecule has 0 atom stereocenters. The lowest BCUT2D eigenvalue weighted by molar-refractivity contribution is -0.00000602. The Morgan fingerprint density at radius 2 is 0.556 bits per heavy atom. The van der Waals surface area contributed by atoms with E-state index >= 15 is 0 Å². The number of rotatable bonds is 21. The number of halogens is 1. The van der Waals surface area contributed by atoms with Gasteiger partial charge in [-0.25, -0.2) is 0 Å². The SMILES string of the molecule is CCCCCCCCCC[P+](CCCCC)(CCCCC)CCCCC.[I-]. The Morgan fingerprint density at radius 1 is 0.333 bits per heavy atom. The third-order valence-electron chi connectivity index (χ3n) is 6.19. The van der Waals surface area contributed by atoms with Gasteiger partial charge in [-0.05, 0) is 32.1 Å². The molecule has 0 saturated heterocycles. The molecule has 0 aliphatic heterocycles. The third-order valence-corrected chi connectivity index (χ3v) is 11.3. The standard InChI is InChI=1S/C25H54P.HI/c1-5-9-13-14-15-16-17-21-25-26(22-18-10-6-2,23-19-11-7-3)24-20-12-8-4;/h5-25H2,1-4H3;1H/q+1;/p-1. The zero-order valence-electron chi connectivity index (χ0n) is 19.7. The van der Waals surface area contributed by atoms with Crippen molar-refractivity contribution in [1.29, 1.82) is 0 Å². The third kappa shape index (κ3) is 18.9. The van der Waals surface area contributed by atoms with Gasteiger partial charge >= 0.3 is 0 Å². The van der Waals surface area contributed by atoms with E-state index in [1.54, 1.807) is 31.1 Å². The Bertz CT molecular complexity index is 241. The van der Waals surface area contributed by atoms with Crippen molar-refractivity contribution in [1.82, 2.24) is 0 Å². The fourth-order valence-corrected chi connectivity index (χ4v) is 9.26. The highest BCUT2D eigenvalue weighted by atomic mass is 127. The second kappa shape index (κ2) is 23.4.